The fraction of sp³-hybridized carbons (Fsp3) is 0.647. The van der Waals surface area contributed by atoms with Gasteiger partial charge < -0.3 is 15.4 Å². The fourth-order valence-corrected chi connectivity index (χ4v) is 1.99. The van der Waals surface area contributed by atoms with Crippen LogP contribution < -0.4 is 15.4 Å². The predicted octanol–water partition coefficient (Wildman–Crippen LogP) is 3.69. The van der Waals surface area contributed by atoms with Crippen molar-refractivity contribution in [1.29, 1.82) is 0 Å². The Labute approximate surface area is 167 Å². The maximum absolute atomic E-state index is 5.76. The monoisotopic (exact) mass is 466 g/mol. The molecule has 0 aliphatic rings. The van der Waals surface area contributed by atoms with Crippen molar-refractivity contribution in [2.45, 2.75) is 44.9 Å². The lowest BCUT2D eigenvalue weighted by Crippen LogP contribution is -2.43. The van der Waals surface area contributed by atoms with Gasteiger partial charge in [0.1, 0.15) is 0 Å². The third-order valence-electron chi connectivity index (χ3n) is 3.49. The number of hydrogen-bond donors (Lipinski definition) is 2. The van der Waals surface area contributed by atoms with Gasteiger partial charge in [0.2, 0.25) is 5.88 Å². The summed E-state index contributed by atoms with van der Waals surface area (Å²) in [4.78, 5) is 8.60. The summed E-state index contributed by atoms with van der Waals surface area (Å²) in [5.41, 5.74) is 1.04. The van der Waals surface area contributed by atoms with Crippen LogP contribution in [0.4, 0.5) is 0 Å². The number of guanidine groups is 1. The molecule has 0 saturated heterocycles. The molecule has 0 atom stereocenters. The molecule has 1 heterocycles. The number of unbranched alkanes of at least 4 members (excludes halogenated alkanes) is 1. The van der Waals surface area contributed by atoms with Crippen molar-refractivity contribution in [2.24, 2.45) is 4.99 Å². The van der Waals surface area contributed by atoms with Crippen LogP contribution in [0, 0.1) is 0 Å². The van der Waals surface area contributed by atoms with Crippen LogP contribution in [0.1, 0.15) is 39.2 Å². The van der Waals surface area contributed by atoms with Gasteiger partial charge in [-0.25, -0.2) is 4.98 Å². The quantitative estimate of drug-likeness (QED) is 0.252. The molecule has 0 fully saturated rings. The summed E-state index contributed by atoms with van der Waals surface area (Å²) in [5, 5.41) is 6.68. The summed E-state index contributed by atoms with van der Waals surface area (Å²) in [6, 6.07) is 3.96. The van der Waals surface area contributed by atoms with Crippen LogP contribution in [0.25, 0.3) is 0 Å². The molecule has 0 spiro atoms. The number of pyridine rings is 1. The van der Waals surface area contributed by atoms with E-state index in [1.54, 1.807) is 13.2 Å². The molecule has 138 valence electrons. The van der Waals surface area contributed by atoms with Gasteiger partial charge in [-0.05, 0) is 32.6 Å². The number of rotatable bonds is 9. The first-order valence-corrected chi connectivity index (χ1v) is 9.31. The minimum absolute atomic E-state index is 0. The molecule has 1 rings (SSSR count). The Hall–Kier alpha value is -0.700. The molecule has 7 heteroatoms. The molecule has 0 aliphatic heterocycles. The van der Waals surface area contributed by atoms with Crippen LogP contribution in [0.2, 0.25) is 0 Å². The highest BCUT2D eigenvalue weighted by Crippen LogP contribution is 2.19. The van der Waals surface area contributed by atoms with E-state index in [1.807, 2.05) is 23.9 Å². The fourth-order valence-electron chi connectivity index (χ4n) is 1.77. The van der Waals surface area contributed by atoms with Gasteiger partial charge in [-0.1, -0.05) is 19.4 Å². The Morgan fingerprint density at radius 2 is 2.12 bits per heavy atom. The Balaban J connectivity index is 0.00000529. The highest BCUT2D eigenvalue weighted by Gasteiger charge is 2.16. The third kappa shape index (κ3) is 8.96. The van der Waals surface area contributed by atoms with Crippen molar-refractivity contribution in [3.8, 4) is 5.88 Å². The number of aliphatic imine (C=N–C) groups is 1. The van der Waals surface area contributed by atoms with E-state index < -0.39 is 0 Å². The first-order chi connectivity index (χ1) is 11.0. The predicted molar refractivity (Wildman–Crippen MR) is 116 cm³/mol. The van der Waals surface area contributed by atoms with Gasteiger partial charge in [-0.15, -0.1) is 24.0 Å². The summed E-state index contributed by atoms with van der Waals surface area (Å²) in [6.07, 6.45) is 6.03. The molecule has 0 unspecified atom stereocenters. The lowest BCUT2D eigenvalue weighted by Gasteiger charge is -2.23. The second kappa shape index (κ2) is 12.6. The van der Waals surface area contributed by atoms with Gasteiger partial charge >= 0.3 is 0 Å². The van der Waals surface area contributed by atoms with E-state index in [4.69, 9.17) is 4.74 Å². The SMILES string of the molecule is CCCCOc1ncccc1CNC(=NC)NCC(C)(C)SC.I. The summed E-state index contributed by atoms with van der Waals surface area (Å²) >= 11 is 1.83. The second-order valence-electron chi connectivity index (χ2n) is 5.91. The molecule has 5 nitrogen and oxygen atoms in total. The van der Waals surface area contributed by atoms with Crippen molar-refractivity contribution >= 4 is 41.7 Å². The summed E-state index contributed by atoms with van der Waals surface area (Å²) < 4.78 is 5.93. The first-order valence-electron chi connectivity index (χ1n) is 8.08. The molecule has 0 saturated carbocycles. The van der Waals surface area contributed by atoms with Crippen molar-refractivity contribution < 1.29 is 4.74 Å². The Kier molecular flexibility index (Phi) is 12.3. The number of hydrogen-bond acceptors (Lipinski definition) is 4. The van der Waals surface area contributed by atoms with Crippen LogP contribution in [-0.4, -0.2) is 42.1 Å². The molecule has 0 amide bonds. The maximum Gasteiger partial charge on any atom is 0.218 e. The van der Waals surface area contributed by atoms with Crippen molar-refractivity contribution in [1.82, 2.24) is 15.6 Å². The number of nitrogens with zero attached hydrogens (tertiary/aromatic N) is 2. The highest BCUT2D eigenvalue weighted by molar-refractivity contribution is 14.0. The van der Waals surface area contributed by atoms with Gasteiger partial charge in [0, 0.05) is 36.6 Å². The Morgan fingerprint density at radius 1 is 1.38 bits per heavy atom. The maximum atomic E-state index is 5.76. The van der Waals surface area contributed by atoms with Crippen molar-refractivity contribution in [3.05, 3.63) is 23.9 Å². The van der Waals surface area contributed by atoms with E-state index in [0.717, 1.165) is 30.9 Å². The molecular weight excluding hydrogens is 435 g/mol. The minimum Gasteiger partial charge on any atom is -0.477 e. The average molecular weight is 466 g/mol. The zero-order valence-electron chi connectivity index (χ0n) is 15.4. The van der Waals surface area contributed by atoms with Gasteiger partial charge in [-0.3, -0.25) is 4.99 Å². The molecule has 0 aliphatic carbocycles. The van der Waals surface area contributed by atoms with E-state index in [2.05, 4.69) is 47.6 Å². The molecule has 0 aromatic carbocycles. The smallest absolute Gasteiger partial charge is 0.218 e. The normalized spacial score (nSPS) is 11.6. The Bertz CT molecular complexity index is 497. The zero-order valence-corrected chi connectivity index (χ0v) is 18.5. The zero-order chi connectivity index (χ0) is 17.1. The van der Waals surface area contributed by atoms with Gasteiger partial charge in [0.25, 0.3) is 0 Å². The van der Waals surface area contributed by atoms with Gasteiger partial charge in [0.05, 0.1) is 6.61 Å². The van der Waals surface area contributed by atoms with Crippen molar-refractivity contribution in [2.75, 3.05) is 26.5 Å². The van der Waals surface area contributed by atoms with E-state index in [-0.39, 0.29) is 28.7 Å². The van der Waals surface area contributed by atoms with E-state index in [1.165, 1.54) is 0 Å². The lowest BCUT2D eigenvalue weighted by atomic mass is 10.2. The van der Waals surface area contributed by atoms with Crippen LogP contribution in [-0.2, 0) is 6.54 Å². The van der Waals surface area contributed by atoms with Crippen LogP contribution >= 0.6 is 35.7 Å². The molecule has 1 aromatic heterocycles. The lowest BCUT2D eigenvalue weighted by molar-refractivity contribution is 0.294. The average Bonchev–Trinajstić information content (AvgIpc) is 2.56. The molecule has 0 bridgehead atoms. The third-order valence-corrected chi connectivity index (χ3v) is 4.74. The minimum atomic E-state index is 0. The van der Waals surface area contributed by atoms with Crippen LogP contribution in [0.15, 0.2) is 23.3 Å². The standard InChI is InChI=1S/C17H30N4OS.HI/c1-6-7-11-22-15-14(9-8-10-19-15)12-20-16(18-4)21-13-17(2,3)23-5;/h8-10H,6-7,11-13H2,1-5H3,(H2,18,20,21);1H. The molecule has 1 aromatic rings. The molecule has 24 heavy (non-hydrogen) atoms. The largest absolute Gasteiger partial charge is 0.477 e. The number of thioether (sulfide) groups is 1. The number of aromatic nitrogens is 1. The van der Waals surface area contributed by atoms with Crippen LogP contribution in [0.3, 0.4) is 0 Å². The molecular formula is C17H31IN4OS. The summed E-state index contributed by atoms with van der Waals surface area (Å²) in [6.45, 7) is 8.75. The number of nitrogens with one attached hydrogen (secondary N) is 2. The first kappa shape index (κ1) is 23.3. The molecule has 0 radical (unpaired) electrons. The summed E-state index contributed by atoms with van der Waals surface area (Å²) in [7, 11) is 1.78. The van der Waals surface area contributed by atoms with Gasteiger partial charge in [-0.2, -0.15) is 11.8 Å². The van der Waals surface area contributed by atoms with Crippen LogP contribution in [0.5, 0.6) is 5.88 Å². The Morgan fingerprint density at radius 3 is 2.75 bits per heavy atom. The van der Waals surface area contributed by atoms with E-state index in [0.29, 0.717) is 19.0 Å². The van der Waals surface area contributed by atoms with E-state index >= 15 is 0 Å². The van der Waals surface area contributed by atoms with Gasteiger partial charge in [0.15, 0.2) is 5.96 Å². The number of halogens is 1. The topological polar surface area (TPSA) is 58.5 Å². The molecule has 2 N–H and O–H groups in total. The highest BCUT2D eigenvalue weighted by atomic mass is 127. The second-order valence-corrected chi connectivity index (χ2v) is 7.43. The van der Waals surface area contributed by atoms with E-state index in [9.17, 15) is 0 Å². The van der Waals surface area contributed by atoms with Crippen molar-refractivity contribution in [3.63, 3.8) is 0 Å². The summed E-state index contributed by atoms with van der Waals surface area (Å²) in [5.74, 6) is 1.49. The number of ether oxygens (including phenoxy) is 1.